The molecule has 106 valence electrons. The molecule has 0 saturated heterocycles. The lowest BCUT2D eigenvalue weighted by Crippen LogP contribution is -2.47. The smallest absolute Gasteiger partial charge is 0.322 e. The van der Waals surface area contributed by atoms with E-state index in [1.165, 1.54) is 4.31 Å². The number of esters is 1. The zero-order chi connectivity index (χ0) is 13.6. The number of carbonyl (C=O) groups excluding carboxylic acids is 1. The Morgan fingerprint density at radius 2 is 2.11 bits per heavy atom. The molecule has 0 aromatic carbocycles. The predicted octanol–water partition coefficient (Wildman–Crippen LogP) is 0.116. The second-order valence-electron chi connectivity index (χ2n) is 4.33. The fourth-order valence-electron chi connectivity index (χ4n) is 1.88. The molecule has 1 saturated carbocycles. The van der Waals surface area contributed by atoms with Gasteiger partial charge in [0.15, 0.2) is 5.75 Å². The summed E-state index contributed by atoms with van der Waals surface area (Å²) < 4.78 is 30.2. The molecule has 1 aliphatic carbocycles. The lowest BCUT2D eigenvalue weighted by atomic mass is 9.93. The van der Waals surface area contributed by atoms with E-state index in [0.717, 1.165) is 19.3 Å². The monoisotopic (exact) mass is 279 g/mol. The number of aliphatic hydroxyl groups excluding tert-OH is 1. The second kappa shape index (κ2) is 7.06. The molecule has 0 aromatic rings. The van der Waals surface area contributed by atoms with Gasteiger partial charge in [-0.1, -0.05) is 6.42 Å². The van der Waals surface area contributed by atoms with Crippen LogP contribution >= 0.6 is 0 Å². The molecule has 1 fully saturated rings. The zero-order valence-electron chi connectivity index (χ0n) is 10.7. The van der Waals surface area contributed by atoms with Crippen molar-refractivity contribution in [1.29, 1.82) is 0 Å². The van der Waals surface area contributed by atoms with Gasteiger partial charge < -0.3 is 9.84 Å². The van der Waals surface area contributed by atoms with Gasteiger partial charge in [0.25, 0.3) is 0 Å². The third-order valence-electron chi connectivity index (χ3n) is 2.98. The van der Waals surface area contributed by atoms with Crippen LogP contribution in [0.2, 0.25) is 0 Å². The molecule has 1 rings (SSSR count). The molecule has 0 aromatic heterocycles. The summed E-state index contributed by atoms with van der Waals surface area (Å²) in [5.41, 5.74) is 0. The molecule has 0 bridgehead atoms. The van der Waals surface area contributed by atoms with Crippen LogP contribution < -0.4 is 0 Å². The number of hydrogen-bond acceptors (Lipinski definition) is 5. The Bertz CT molecular complexity index is 364. The van der Waals surface area contributed by atoms with E-state index in [1.807, 2.05) is 0 Å². The number of aliphatic hydroxyl groups is 1. The van der Waals surface area contributed by atoms with E-state index in [1.54, 1.807) is 6.92 Å². The number of hydrogen-bond donors (Lipinski definition) is 1. The molecule has 6 nitrogen and oxygen atoms in total. The van der Waals surface area contributed by atoms with Gasteiger partial charge in [-0.05, 0) is 26.2 Å². The van der Waals surface area contributed by atoms with Crippen LogP contribution in [-0.4, -0.2) is 55.4 Å². The normalized spacial score (nSPS) is 16.6. The number of nitrogens with zero attached hydrogens (tertiary/aromatic N) is 1. The first kappa shape index (κ1) is 15.4. The van der Waals surface area contributed by atoms with Crippen molar-refractivity contribution in [3.05, 3.63) is 0 Å². The van der Waals surface area contributed by atoms with Crippen LogP contribution in [0.1, 0.15) is 32.6 Å². The van der Waals surface area contributed by atoms with E-state index in [-0.39, 0.29) is 25.8 Å². The number of rotatable bonds is 8. The maximum atomic E-state index is 12.1. The second-order valence-corrected chi connectivity index (χ2v) is 6.26. The highest BCUT2D eigenvalue weighted by molar-refractivity contribution is 7.89. The Morgan fingerprint density at radius 1 is 1.44 bits per heavy atom. The van der Waals surface area contributed by atoms with Crippen LogP contribution in [0.25, 0.3) is 0 Å². The van der Waals surface area contributed by atoms with Crippen LogP contribution in [0.15, 0.2) is 0 Å². The molecule has 1 N–H and O–H groups in total. The lowest BCUT2D eigenvalue weighted by molar-refractivity contribution is -0.140. The Hall–Kier alpha value is -0.660. The largest absolute Gasteiger partial charge is 0.465 e. The molecule has 7 heteroatoms. The average molecular weight is 279 g/mol. The van der Waals surface area contributed by atoms with E-state index >= 15 is 0 Å². The maximum Gasteiger partial charge on any atom is 0.322 e. The van der Waals surface area contributed by atoms with Gasteiger partial charge >= 0.3 is 5.97 Å². The Balaban J connectivity index is 2.66. The highest BCUT2D eigenvalue weighted by atomic mass is 32.2. The fraction of sp³-hybridized carbons (Fsp3) is 0.909. The van der Waals surface area contributed by atoms with Crippen molar-refractivity contribution in [2.45, 2.75) is 38.6 Å². The van der Waals surface area contributed by atoms with E-state index in [0.29, 0.717) is 6.42 Å². The minimum atomic E-state index is -3.63. The summed E-state index contributed by atoms with van der Waals surface area (Å²) in [5, 5.41) is 8.81. The number of sulfonamides is 1. The van der Waals surface area contributed by atoms with Gasteiger partial charge in [-0.25, -0.2) is 8.42 Å². The molecule has 18 heavy (non-hydrogen) atoms. The van der Waals surface area contributed by atoms with E-state index in [2.05, 4.69) is 4.74 Å². The highest BCUT2D eigenvalue weighted by Crippen LogP contribution is 2.27. The molecule has 0 spiro atoms. The minimum Gasteiger partial charge on any atom is -0.465 e. The first-order valence-corrected chi connectivity index (χ1v) is 7.88. The first-order valence-electron chi connectivity index (χ1n) is 6.27. The highest BCUT2D eigenvalue weighted by Gasteiger charge is 2.34. The van der Waals surface area contributed by atoms with Crippen LogP contribution in [-0.2, 0) is 19.6 Å². The summed E-state index contributed by atoms with van der Waals surface area (Å²) in [4.78, 5) is 11.3. The Kier molecular flexibility index (Phi) is 6.04. The van der Waals surface area contributed by atoms with Gasteiger partial charge in [0.05, 0.1) is 6.61 Å². The third kappa shape index (κ3) is 4.22. The van der Waals surface area contributed by atoms with Crippen LogP contribution in [0.4, 0.5) is 0 Å². The minimum absolute atomic E-state index is 0.0176. The number of ether oxygens (including phenoxy) is 1. The molecular formula is C11H21NO5S. The van der Waals surface area contributed by atoms with Crippen molar-refractivity contribution in [2.24, 2.45) is 0 Å². The fourth-order valence-corrected chi connectivity index (χ4v) is 3.50. The SMILES string of the molecule is CCOC(=O)CS(=O)(=O)N(CCCO)C1CCC1. The third-order valence-corrected chi connectivity index (χ3v) is 4.78. The average Bonchev–Trinajstić information content (AvgIpc) is 2.20. The van der Waals surface area contributed by atoms with E-state index in [4.69, 9.17) is 5.11 Å². The molecule has 0 atom stereocenters. The molecule has 0 heterocycles. The van der Waals surface area contributed by atoms with Crippen molar-refractivity contribution in [1.82, 2.24) is 4.31 Å². The van der Waals surface area contributed by atoms with Gasteiger partial charge in [-0.3, -0.25) is 4.79 Å². The van der Waals surface area contributed by atoms with Crippen molar-refractivity contribution in [3.8, 4) is 0 Å². The molecule has 0 aliphatic heterocycles. The van der Waals surface area contributed by atoms with Gasteiger partial charge in [0, 0.05) is 19.2 Å². The van der Waals surface area contributed by atoms with E-state index < -0.39 is 21.7 Å². The Morgan fingerprint density at radius 3 is 2.56 bits per heavy atom. The topological polar surface area (TPSA) is 83.9 Å². The first-order chi connectivity index (χ1) is 8.51. The number of carbonyl (C=O) groups is 1. The van der Waals surface area contributed by atoms with Gasteiger partial charge in [0.1, 0.15) is 0 Å². The summed E-state index contributed by atoms with van der Waals surface area (Å²) in [6, 6.07) is -0.0176. The molecule has 0 radical (unpaired) electrons. The molecule has 1 aliphatic rings. The van der Waals surface area contributed by atoms with Crippen LogP contribution in [0.5, 0.6) is 0 Å². The summed E-state index contributed by atoms with van der Waals surface area (Å²) in [7, 11) is -3.63. The predicted molar refractivity (Wildman–Crippen MR) is 66.5 cm³/mol. The quantitative estimate of drug-likeness (QED) is 0.638. The summed E-state index contributed by atoms with van der Waals surface area (Å²) in [5.74, 6) is -1.33. The Labute approximate surface area is 108 Å². The zero-order valence-corrected chi connectivity index (χ0v) is 11.5. The molecule has 0 unspecified atom stereocenters. The van der Waals surface area contributed by atoms with Crippen molar-refractivity contribution in [2.75, 3.05) is 25.5 Å². The van der Waals surface area contributed by atoms with E-state index in [9.17, 15) is 13.2 Å². The van der Waals surface area contributed by atoms with Gasteiger partial charge in [-0.15, -0.1) is 0 Å². The maximum absolute atomic E-state index is 12.1. The lowest BCUT2D eigenvalue weighted by Gasteiger charge is -2.36. The summed E-state index contributed by atoms with van der Waals surface area (Å²) >= 11 is 0. The standard InChI is InChI=1S/C11H21NO5S/c1-2-17-11(14)9-18(15,16)12(7-4-8-13)10-5-3-6-10/h10,13H,2-9H2,1H3. The molecule has 0 amide bonds. The van der Waals surface area contributed by atoms with Crippen LogP contribution in [0, 0.1) is 0 Å². The van der Waals surface area contributed by atoms with Gasteiger partial charge in [0.2, 0.25) is 10.0 Å². The van der Waals surface area contributed by atoms with Crippen molar-refractivity contribution >= 4 is 16.0 Å². The summed E-state index contributed by atoms with van der Waals surface area (Å²) in [6.07, 6.45) is 3.05. The van der Waals surface area contributed by atoms with Crippen molar-refractivity contribution < 1.29 is 23.1 Å². The molecular weight excluding hydrogens is 258 g/mol. The van der Waals surface area contributed by atoms with Crippen LogP contribution in [0.3, 0.4) is 0 Å². The van der Waals surface area contributed by atoms with Crippen molar-refractivity contribution in [3.63, 3.8) is 0 Å². The summed E-state index contributed by atoms with van der Waals surface area (Å²) in [6.45, 7) is 2.02. The van der Waals surface area contributed by atoms with Gasteiger partial charge in [-0.2, -0.15) is 4.31 Å².